The molecule has 5 nitrogen and oxygen atoms in total. The predicted octanol–water partition coefficient (Wildman–Crippen LogP) is 3.88. The molecule has 1 atom stereocenters. The van der Waals surface area contributed by atoms with Gasteiger partial charge in [-0.2, -0.15) is 5.26 Å². The molecular formula is C17H16Cl2N2O3. The molecule has 7 heteroatoms. The summed E-state index contributed by atoms with van der Waals surface area (Å²) in [7, 11) is 1.26. The Morgan fingerprint density at radius 3 is 2.62 bits per heavy atom. The molecule has 0 bridgehead atoms. The Morgan fingerprint density at radius 1 is 1.42 bits per heavy atom. The zero-order valence-electron chi connectivity index (χ0n) is 13.4. The van der Waals surface area contributed by atoms with E-state index in [9.17, 15) is 10.1 Å². The average Bonchev–Trinajstić information content (AvgIpc) is 2.55. The largest absolute Gasteiger partial charge is 0.466 e. The van der Waals surface area contributed by atoms with Crippen molar-refractivity contribution in [1.29, 1.82) is 5.26 Å². The van der Waals surface area contributed by atoms with E-state index in [1.807, 2.05) is 19.9 Å². The number of ether oxygens (including phenoxy) is 2. The number of nitrogens with two attached hydrogens (primary N) is 1. The Labute approximate surface area is 150 Å². The molecule has 2 rings (SSSR count). The van der Waals surface area contributed by atoms with Crippen molar-refractivity contribution >= 4 is 29.2 Å². The van der Waals surface area contributed by atoms with Gasteiger partial charge in [0.05, 0.1) is 18.6 Å². The number of carbonyl (C=O) groups is 1. The first kappa shape index (κ1) is 18.2. The second-order valence-electron chi connectivity index (χ2n) is 5.51. The van der Waals surface area contributed by atoms with E-state index in [0.717, 1.165) is 0 Å². The van der Waals surface area contributed by atoms with Crippen LogP contribution in [0.3, 0.4) is 0 Å². The van der Waals surface area contributed by atoms with E-state index in [1.54, 1.807) is 18.2 Å². The number of rotatable bonds is 3. The Balaban J connectivity index is 2.81. The maximum atomic E-state index is 12.4. The SMILES string of the molecule is COC(=O)C1=C(C(C)C)OC(N)=C(C#N)C1c1cc(Cl)ccc1Cl. The molecule has 1 aliphatic rings. The topological polar surface area (TPSA) is 85.3 Å². The summed E-state index contributed by atoms with van der Waals surface area (Å²) in [5.74, 6) is -1.28. The molecule has 126 valence electrons. The van der Waals surface area contributed by atoms with Crippen LogP contribution in [0.2, 0.25) is 10.0 Å². The number of nitrogens with zero attached hydrogens (tertiary/aromatic N) is 1. The van der Waals surface area contributed by atoms with Gasteiger partial charge in [-0.05, 0) is 23.8 Å². The van der Waals surface area contributed by atoms with Crippen LogP contribution in [0.4, 0.5) is 0 Å². The summed E-state index contributed by atoms with van der Waals surface area (Å²) in [6.07, 6.45) is 0. The lowest BCUT2D eigenvalue weighted by Gasteiger charge is -2.29. The number of allylic oxidation sites excluding steroid dienone is 2. The van der Waals surface area contributed by atoms with E-state index < -0.39 is 11.9 Å². The van der Waals surface area contributed by atoms with Crippen molar-refractivity contribution in [3.63, 3.8) is 0 Å². The molecule has 0 fully saturated rings. The molecule has 0 aliphatic carbocycles. The van der Waals surface area contributed by atoms with Crippen LogP contribution in [0.25, 0.3) is 0 Å². The van der Waals surface area contributed by atoms with Gasteiger partial charge in [0.1, 0.15) is 17.4 Å². The summed E-state index contributed by atoms with van der Waals surface area (Å²) in [6, 6.07) is 6.83. The fourth-order valence-corrected chi connectivity index (χ4v) is 2.99. The highest BCUT2D eigenvalue weighted by atomic mass is 35.5. The molecule has 0 saturated heterocycles. The van der Waals surface area contributed by atoms with E-state index in [4.69, 9.17) is 38.4 Å². The van der Waals surface area contributed by atoms with E-state index in [0.29, 0.717) is 21.4 Å². The third-order valence-electron chi connectivity index (χ3n) is 3.65. The minimum Gasteiger partial charge on any atom is -0.466 e. The molecule has 2 N–H and O–H groups in total. The van der Waals surface area contributed by atoms with Gasteiger partial charge in [-0.1, -0.05) is 37.0 Å². The lowest BCUT2D eigenvalue weighted by atomic mass is 9.81. The standard InChI is InChI=1S/C17H16Cl2N2O3/c1-8(2)15-14(17(22)23-3)13(11(7-20)16(21)24-15)10-6-9(18)4-5-12(10)19/h4-6,8,13H,21H2,1-3H3. The smallest absolute Gasteiger partial charge is 0.338 e. The molecule has 0 saturated carbocycles. The molecule has 0 amide bonds. The highest BCUT2D eigenvalue weighted by molar-refractivity contribution is 6.33. The van der Waals surface area contributed by atoms with Crippen LogP contribution in [0, 0.1) is 17.2 Å². The van der Waals surface area contributed by atoms with Crippen LogP contribution in [0.15, 0.2) is 41.0 Å². The number of esters is 1. The molecule has 1 aliphatic heterocycles. The van der Waals surface area contributed by atoms with Gasteiger partial charge in [0, 0.05) is 16.0 Å². The fraction of sp³-hybridized carbons (Fsp3) is 0.294. The first-order chi connectivity index (χ1) is 11.3. The van der Waals surface area contributed by atoms with Crippen molar-refractivity contribution in [2.75, 3.05) is 7.11 Å². The third kappa shape index (κ3) is 3.21. The molecule has 1 heterocycles. The van der Waals surface area contributed by atoms with E-state index in [2.05, 4.69) is 0 Å². The fourth-order valence-electron chi connectivity index (χ4n) is 2.58. The van der Waals surface area contributed by atoms with Crippen molar-refractivity contribution in [2.45, 2.75) is 19.8 Å². The van der Waals surface area contributed by atoms with Crippen LogP contribution in [-0.4, -0.2) is 13.1 Å². The second-order valence-corrected chi connectivity index (χ2v) is 6.36. The predicted molar refractivity (Wildman–Crippen MR) is 91.0 cm³/mol. The van der Waals surface area contributed by atoms with Crippen LogP contribution in [-0.2, 0) is 14.3 Å². The monoisotopic (exact) mass is 366 g/mol. The first-order valence-electron chi connectivity index (χ1n) is 7.16. The lowest BCUT2D eigenvalue weighted by molar-refractivity contribution is -0.136. The molecule has 24 heavy (non-hydrogen) atoms. The maximum absolute atomic E-state index is 12.4. The highest BCUT2D eigenvalue weighted by Gasteiger charge is 2.39. The van der Waals surface area contributed by atoms with Gasteiger partial charge in [-0.25, -0.2) is 4.79 Å². The summed E-state index contributed by atoms with van der Waals surface area (Å²) >= 11 is 12.4. The lowest BCUT2D eigenvalue weighted by Crippen LogP contribution is -2.27. The van der Waals surface area contributed by atoms with Gasteiger partial charge in [-0.15, -0.1) is 0 Å². The molecule has 0 spiro atoms. The van der Waals surface area contributed by atoms with Gasteiger partial charge in [0.15, 0.2) is 0 Å². The maximum Gasteiger partial charge on any atom is 0.338 e. The van der Waals surface area contributed by atoms with E-state index in [-0.39, 0.29) is 22.9 Å². The first-order valence-corrected chi connectivity index (χ1v) is 7.92. The number of nitriles is 1. The van der Waals surface area contributed by atoms with Crippen molar-refractivity contribution in [3.05, 3.63) is 56.6 Å². The molecule has 0 aromatic heterocycles. The average molecular weight is 367 g/mol. The normalized spacial score (nSPS) is 17.6. The van der Waals surface area contributed by atoms with Gasteiger partial charge in [0.2, 0.25) is 5.88 Å². The minimum atomic E-state index is -0.806. The highest BCUT2D eigenvalue weighted by Crippen LogP contribution is 2.44. The summed E-state index contributed by atoms with van der Waals surface area (Å²) in [5.41, 5.74) is 6.68. The molecule has 0 radical (unpaired) electrons. The number of benzene rings is 1. The quantitative estimate of drug-likeness (QED) is 0.820. The second kappa shape index (κ2) is 7.16. The number of hydrogen-bond donors (Lipinski definition) is 1. The van der Waals surface area contributed by atoms with Crippen LogP contribution >= 0.6 is 23.2 Å². The zero-order valence-corrected chi connectivity index (χ0v) is 14.9. The van der Waals surface area contributed by atoms with Gasteiger partial charge in [-0.3, -0.25) is 0 Å². The number of hydrogen-bond acceptors (Lipinski definition) is 5. The molecule has 1 unspecified atom stereocenters. The Kier molecular flexibility index (Phi) is 5.43. The Bertz CT molecular complexity index is 792. The van der Waals surface area contributed by atoms with Crippen LogP contribution in [0.1, 0.15) is 25.3 Å². The van der Waals surface area contributed by atoms with Gasteiger partial charge >= 0.3 is 5.97 Å². The van der Waals surface area contributed by atoms with E-state index >= 15 is 0 Å². The van der Waals surface area contributed by atoms with Gasteiger partial charge in [0.25, 0.3) is 0 Å². The number of methoxy groups -OCH3 is 1. The van der Waals surface area contributed by atoms with Crippen LogP contribution in [0.5, 0.6) is 0 Å². The molecule has 1 aromatic carbocycles. The zero-order chi connectivity index (χ0) is 18.0. The minimum absolute atomic E-state index is 0.0603. The number of halogens is 2. The summed E-state index contributed by atoms with van der Waals surface area (Å²) in [6.45, 7) is 3.69. The van der Waals surface area contributed by atoms with E-state index in [1.165, 1.54) is 7.11 Å². The third-order valence-corrected chi connectivity index (χ3v) is 4.23. The summed E-state index contributed by atoms with van der Waals surface area (Å²) in [4.78, 5) is 12.4. The molecule has 1 aromatic rings. The number of carbonyl (C=O) groups excluding carboxylic acids is 1. The summed E-state index contributed by atoms with van der Waals surface area (Å²) in [5, 5.41) is 10.3. The Hall–Kier alpha value is -2.16. The van der Waals surface area contributed by atoms with Crippen molar-refractivity contribution in [3.8, 4) is 6.07 Å². The Morgan fingerprint density at radius 2 is 2.08 bits per heavy atom. The van der Waals surface area contributed by atoms with Crippen LogP contribution < -0.4 is 5.73 Å². The van der Waals surface area contributed by atoms with Gasteiger partial charge < -0.3 is 15.2 Å². The van der Waals surface area contributed by atoms with Crippen molar-refractivity contribution in [2.24, 2.45) is 11.7 Å². The molecular weight excluding hydrogens is 351 g/mol. The summed E-state index contributed by atoms with van der Waals surface area (Å²) < 4.78 is 10.4. The van der Waals surface area contributed by atoms with Crippen molar-refractivity contribution in [1.82, 2.24) is 0 Å². The van der Waals surface area contributed by atoms with Crippen molar-refractivity contribution < 1.29 is 14.3 Å².